The first kappa shape index (κ1) is 17.0. The molecule has 0 saturated heterocycles. The third-order valence-corrected chi connectivity index (χ3v) is 3.86. The highest BCUT2D eigenvalue weighted by Gasteiger charge is 2.14. The van der Waals surface area contributed by atoms with Crippen LogP contribution in [0.25, 0.3) is 0 Å². The van der Waals surface area contributed by atoms with Crippen LogP contribution >= 0.6 is 11.8 Å². The zero-order valence-electron chi connectivity index (χ0n) is 12.5. The fraction of sp³-hybridized carbons (Fsp3) is 0.786. The molecule has 2 amide bonds. The minimum atomic E-state index is -0.0384. The molecule has 0 atom stereocenters. The quantitative estimate of drug-likeness (QED) is 0.746. The van der Waals surface area contributed by atoms with Crippen molar-refractivity contribution in [3.05, 3.63) is 0 Å². The molecule has 0 saturated carbocycles. The van der Waals surface area contributed by atoms with Crippen LogP contribution < -0.4 is 5.32 Å². The van der Waals surface area contributed by atoms with Gasteiger partial charge in [0.1, 0.15) is 0 Å². The molecule has 6 heteroatoms. The van der Waals surface area contributed by atoms with E-state index in [0.29, 0.717) is 19.3 Å². The Balaban J connectivity index is 2.20. The molecule has 0 radical (unpaired) electrons. The van der Waals surface area contributed by atoms with Crippen LogP contribution in [0.4, 0.5) is 0 Å². The average molecular weight is 299 g/mol. The predicted molar refractivity (Wildman–Crippen MR) is 83.9 cm³/mol. The Kier molecular flexibility index (Phi) is 8.34. The molecule has 5 nitrogen and oxygen atoms in total. The van der Waals surface area contributed by atoms with Crippen molar-refractivity contribution >= 4 is 28.7 Å². The molecule has 1 heterocycles. The van der Waals surface area contributed by atoms with E-state index in [0.717, 1.165) is 43.4 Å². The fourth-order valence-corrected chi connectivity index (χ4v) is 2.80. The molecule has 0 bridgehead atoms. The van der Waals surface area contributed by atoms with E-state index in [9.17, 15) is 9.59 Å². The monoisotopic (exact) mass is 299 g/mol. The summed E-state index contributed by atoms with van der Waals surface area (Å²) in [5.74, 6) is 1.06. The summed E-state index contributed by atoms with van der Waals surface area (Å²) in [6.07, 6.45) is 3.39. The third-order valence-electron chi connectivity index (χ3n) is 2.97. The van der Waals surface area contributed by atoms with Gasteiger partial charge in [-0.1, -0.05) is 25.6 Å². The van der Waals surface area contributed by atoms with Crippen molar-refractivity contribution in [2.24, 2.45) is 4.99 Å². The van der Waals surface area contributed by atoms with Crippen molar-refractivity contribution < 1.29 is 9.59 Å². The van der Waals surface area contributed by atoms with E-state index in [1.807, 2.05) is 4.90 Å². The normalized spacial score (nSPS) is 14.0. The molecule has 1 N–H and O–H groups in total. The lowest BCUT2D eigenvalue weighted by molar-refractivity contribution is -0.131. The van der Waals surface area contributed by atoms with Crippen LogP contribution in [0.5, 0.6) is 0 Å². The smallest absolute Gasteiger partial charge is 0.225 e. The van der Waals surface area contributed by atoms with E-state index >= 15 is 0 Å². The van der Waals surface area contributed by atoms with Gasteiger partial charge in [0.25, 0.3) is 0 Å². The number of hydrogen-bond acceptors (Lipinski definition) is 4. The van der Waals surface area contributed by atoms with Crippen LogP contribution in [0.3, 0.4) is 0 Å². The van der Waals surface area contributed by atoms with E-state index in [2.05, 4.69) is 24.2 Å². The molecule has 0 aromatic rings. The van der Waals surface area contributed by atoms with Crippen molar-refractivity contribution in [1.82, 2.24) is 10.2 Å². The number of aliphatic imine (C=N–C) groups is 1. The van der Waals surface area contributed by atoms with Gasteiger partial charge in [-0.2, -0.15) is 0 Å². The van der Waals surface area contributed by atoms with Gasteiger partial charge < -0.3 is 10.2 Å². The van der Waals surface area contributed by atoms with Gasteiger partial charge in [0.05, 0.1) is 6.54 Å². The highest BCUT2D eigenvalue weighted by Crippen LogP contribution is 2.09. The molecule has 0 aromatic heterocycles. The second-order valence-corrected chi connectivity index (χ2v) is 5.90. The van der Waals surface area contributed by atoms with Crippen molar-refractivity contribution in [2.75, 3.05) is 25.4 Å². The summed E-state index contributed by atoms with van der Waals surface area (Å²) in [5.41, 5.74) is 0. The van der Waals surface area contributed by atoms with Crippen LogP contribution in [0, 0.1) is 0 Å². The largest absolute Gasteiger partial charge is 0.343 e. The summed E-state index contributed by atoms with van der Waals surface area (Å²) in [5, 5.41) is 3.50. The molecule has 114 valence electrons. The fourth-order valence-electron chi connectivity index (χ4n) is 2.05. The van der Waals surface area contributed by atoms with Crippen molar-refractivity contribution in [3.8, 4) is 0 Å². The number of carbonyl (C=O) groups excluding carboxylic acids is 2. The first-order chi connectivity index (χ1) is 9.67. The van der Waals surface area contributed by atoms with Crippen LogP contribution in [-0.4, -0.2) is 47.3 Å². The number of carbonyl (C=O) groups is 2. The highest BCUT2D eigenvalue weighted by molar-refractivity contribution is 8.14. The second-order valence-electron chi connectivity index (χ2n) is 4.82. The zero-order valence-corrected chi connectivity index (χ0v) is 13.3. The number of amides is 2. The van der Waals surface area contributed by atoms with Gasteiger partial charge in [0.15, 0.2) is 5.17 Å². The van der Waals surface area contributed by atoms with E-state index in [-0.39, 0.29) is 11.8 Å². The number of nitrogens with zero attached hydrogens (tertiary/aromatic N) is 2. The highest BCUT2D eigenvalue weighted by atomic mass is 32.2. The van der Waals surface area contributed by atoms with Gasteiger partial charge in [0, 0.05) is 31.7 Å². The molecule has 1 rings (SSSR count). The van der Waals surface area contributed by atoms with E-state index in [1.165, 1.54) is 0 Å². The Labute approximate surface area is 125 Å². The third kappa shape index (κ3) is 6.41. The molecule has 0 aromatic carbocycles. The minimum Gasteiger partial charge on any atom is -0.343 e. The molecular formula is C14H25N3O2S. The number of thioether (sulfide) groups is 1. The van der Waals surface area contributed by atoms with Crippen LogP contribution in [0.1, 0.15) is 46.0 Å². The van der Waals surface area contributed by atoms with Gasteiger partial charge in [-0.05, 0) is 19.3 Å². The maximum Gasteiger partial charge on any atom is 0.225 e. The summed E-state index contributed by atoms with van der Waals surface area (Å²) in [7, 11) is 0. The lowest BCUT2D eigenvalue weighted by Crippen LogP contribution is -2.32. The lowest BCUT2D eigenvalue weighted by Gasteiger charge is -2.21. The molecule has 0 fully saturated rings. The molecule has 1 aliphatic heterocycles. The maximum absolute atomic E-state index is 12.0. The van der Waals surface area contributed by atoms with Crippen molar-refractivity contribution in [1.29, 1.82) is 0 Å². The first-order valence-corrected chi connectivity index (χ1v) is 8.40. The Bertz CT molecular complexity index is 352. The van der Waals surface area contributed by atoms with Gasteiger partial charge in [0.2, 0.25) is 11.8 Å². The number of hydrogen-bond donors (Lipinski definition) is 1. The average Bonchev–Trinajstić information content (AvgIpc) is 2.91. The van der Waals surface area contributed by atoms with Gasteiger partial charge in [-0.25, -0.2) is 0 Å². The van der Waals surface area contributed by atoms with E-state index in [1.54, 1.807) is 11.8 Å². The number of rotatable bonds is 8. The van der Waals surface area contributed by atoms with Gasteiger partial charge >= 0.3 is 0 Å². The lowest BCUT2D eigenvalue weighted by atomic mass is 10.2. The molecule has 0 unspecified atom stereocenters. The molecule has 20 heavy (non-hydrogen) atoms. The van der Waals surface area contributed by atoms with Gasteiger partial charge in [-0.3, -0.25) is 14.6 Å². The summed E-state index contributed by atoms with van der Waals surface area (Å²) in [6.45, 7) is 6.55. The summed E-state index contributed by atoms with van der Waals surface area (Å²) in [4.78, 5) is 29.8. The summed E-state index contributed by atoms with van der Waals surface area (Å²) >= 11 is 1.57. The van der Waals surface area contributed by atoms with Crippen LogP contribution in [0.15, 0.2) is 4.99 Å². The SMILES string of the molecule is CCCN(CCC)C(=O)CCCC(=O)NC1=NCCS1. The summed E-state index contributed by atoms with van der Waals surface area (Å²) in [6, 6.07) is 0. The van der Waals surface area contributed by atoms with Crippen LogP contribution in [0.2, 0.25) is 0 Å². The molecular weight excluding hydrogens is 274 g/mol. The molecule has 1 aliphatic rings. The Morgan fingerprint density at radius 2 is 1.95 bits per heavy atom. The van der Waals surface area contributed by atoms with E-state index < -0.39 is 0 Å². The Morgan fingerprint density at radius 3 is 2.50 bits per heavy atom. The number of nitrogens with one attached hydrogen (secondary N) is 1. The van der Waals surface area contributed by atoms with Crippen molar-refractivity contribution in [3.63, 3.8) is 0 Å². The first-order valence-electron chi connectivity index (χ1n) is 7.42. The minimum absolute atomic E-state index is 0.0384. The topological polar surface area (TPSA) is 61.8 Å². The van der Waals surface area contributed by atoms with E-state index in [4.69, 9.17) is 0 Å². The Morgan fingerprint density at radius 1 is 1.25 bits per heavy atom. The Hall–Kier alpha value is -1.04. The molecule has 0 spiro atoms. The number of amidine groups is 1. The van der Waals surface area contributed by atoms with Gasteiger partial charge in [-0.15, -0.1) is 0 Å². The molecule has 0 aliphatic carbocycles. The standard InChI is InChI=1S/C14H25N3O2S/c1-3-9-17(10-4-2)13(19)7-5-6-12(18)16-14-15-8-11-20-14/h3-11H2,1-2H3,(H,15,16,18). The van der Waals surface area contributed by atoms with Crippen molar-refractivity contribution in [2.45, 2.75) is 46.0 Å². The maximum atomic E-state index is 12.0. The van der Waals surface area contributed by atoms with Crippen LogP contribution in [-0.2, 0) is 9.59 Å². The second kappa shape index (κ2) is 9.80. The zero-order chi connectivity index (χ0) is 14.8. The predicted octanol–water partition coefficient (Wildman–Crippen LogP) is 2.02. The summed E-state index contributed by atoms with van der Waals surface area (Å²) < 4.78 is 0.